The molecule has 6 rings (SSSR count). The molecule has 0 N–H and O–H groups in total. The van der Waals surface area contributed by atoms with Crippen molar-refractivity contribution >= 4 is 27.7 Å². The van der Waals surface area contributed by atoms with Gasteiger partial charge in [-0.25, -0.2) is 0 Å². The first-order valence-corrected chi connectivity index (χ1v) is 16.4. The first-order chi connectivity index (χ1) is 16.6. The Morgan fingerprint density at radius 2 is 0.806 bits per heavy atom. The zero-order chi connectivity index (χ0) is 23.8. The number of benzene rings is 4. The molecule has 6 aromatic carbocycles. The van der Waals surface area contributed by atoms with E-state index >= 15 is 0 Å². The molecule has 0 heterocycles. The van der Waals surface area contributed by atoms with Crippen LogP contribution in [0.3, 0.4) is 0 Å². The summed E-state index contributed by atoms with van der Waals surface area (Å²) in [6, 6.07) is 46.9. The average molecular weight is 559 g/mol. The van der Waals surface area contributed by atoms with Gasteiger partial charge >= 0.3 is 38.5 Å². The van der Waals surface area contributed by atoms with E-state index in [0.717, 1.165) is 0 Å². The third kappa shape index (κ3) is 8.34. The fourth-order valence-electron chi connectivity index (χ4n) is 3.90. The van der Waals surface area contributed by atoms with Crippen molar-refractivity contribution in [3.05, 3.63) is 133 Å². The molecule has 4 heteroatoms. The molecule has 0 atom stereocenters. The van der Waals surface area contributed by atoms with Gasteiger partial charge < -0.3 is 24.8 Å². The van der Waals surface area contributed by atoms with Gasteiger partial charge in [-0.15, -0.1) is 69.1 Å². The average Bonchev–Trinajstić information content (AvgIpc) is 3.50. The Balaban J connectivity index is 0.000000211. The fourth-order valence-corrected chi connectivity index (χ4v) is 3.90. The number of hydrogen-bond acceptors (Lipinski definition) is 0. The summed E-state index contributed by atoms with van der Waals surface area (Å²) in [6.07, 6.45) is 0.120. The number of hydrogen-bond donors (Lipinski definition) is 0. The minimum absolute atomic E-state index is 0. The van der Waals surface area contributed by atoms with Crippen LogP contribution in [-0.2, 0) is 19.2 Å². The molecule has 0 nitrogen and oxygen atoms in total. The van der Waals surface area contributed by atoms with Crippen LogP contribution in [0, 0.1) is 0 Å². The largest absolute Gasteiger partial charge is 1.00 e. The summed E-state index contributed by atoms with van der Waals surface area (Å²) in [5.74, 6) is 0. The molecular formula is C32H28Cl2SiTi-2. The SMILES string of the molecule is C[Si](C)=[Ti+2].[Cl-].[Cl-].c1ccc(-c2cc3ccccc3[cH-]2)cc1.c1ccc(-c2cc3ccccc3[cH-]2)cc1. The molecule has 0 fully saturated rings. The summed E-state index contributed by atoms with van der Waals surface area (Å²) in [7, 11) is 0. The maximum absolute atomic E-state index is 2.27. The standard InChI is InChI=1S/2C15H11.C2H6Si.2ClH.Ti/c2*1-2-6-12(7-3-1)15-10-13-8-4-5-9-14(13)11-15;1-3-2;;;/h2*1-11H;1-2H3;2*1H;/q2*-1;;;;+2/p-2. The molecule has 180 valence electrons. The maximum Gasteiger partial charge on any atom is -0.0635 e. The minimum atomic E-state index is 0. The Morgan fingerprint density at radius 3 is 1.14 bits per heavy atom. The Labute approximate surface area is 239 Å². The second-order valence-corrected chi connectivity index (χ2v) is 15.2. The zero-order valence-corrected chi connectivity index (χ0v) is 24.5. The summed E-state index contributed by atoms with van der Waals surface area (Å²) >= 11 is 2.27. The van der Waals surface area contributed by atoms with Crippen molar-refractivity contribution in [3.63, 3.8) is 0 Å². The molecule has 0 amide bonds. The van der Waals surface area contributed by atoms with Crippen LogP contribution in [0.15, 0.2) is 133 Å². The van der Waals surface area contributed by atoms with Crippen molar-refractivity contribution in [3.8, 4) is 22.3 Å². The molecule has 36 heavy (non-hydrogen) atoms. The van der Waals surface area contributed by atoms with E-state index in [0.29, 0.717) is 0 Å². The van der Waals surface area contributed by atoms with E-state index in [2.05, 4.69) is 154 Å². The van der Waals surface area contributed by atoms with Gasteiger partial charge in [0.05, 0.1) is 0 Å². The van der Waals surface area contributed by atoms with Gasteiger partial charge in [-0.2, -0.15) is 0 Å². The molecule has 0 saturated carbocycles. The molecule has 0 unspecified atom stereocenters. The smallest absolute Gasteiger partial charge is 0.0635 e. The summed E-state index contributed by atoms with van der Waals surface area (Å²) in [5, 5.41) is 5.26. The Bertz CT molecular complexity index is 1300. The Morgan fingerprint density at radius 1 is 0.500 bits per heavy atom. The monoisotopic (exact) mass is 558 g/mol. The Hall–Kier alpha value is -2.39. The normalized spacial score (nSPS) is 9.67. The summed E-state index contributed by atoms with van der Waals surface area (Å²) in [6.45, 7) is 4.54. The summed E-state index contributed by atoms with van der Waals surface area (Å²) < 4.78 is 0. The maximum atomic E-state index is 2.27. The van der Waals surface area contributed by atoms with Gasteiger partial charge in [0.2, 0.25) is 0 Å². The molecular weight excluding hydrogens is 531 g/mol. The van der Waals surface area contributed by atoms with E-state index in [1.54, 1.807) is 0 Å². The topological polar surface area (TPSA) is 0 Å². The van der Waals surface area contributed by atoms with Crippen LogP contribution in [0.2, 0.25) is 13.1 Å². The van der Waals surface area contributed by atoms with Gasteiger partial charge in [0.25, 0.3) is 0 Å². The van der Waals surface area contributed by atoms with Gasteiger partial charge in [0.15, 0.2) is 0 Å². The van der Waals surface area contributed by atoms with E-state index in [9.17, 15) is 0 Å². The predicted octanol–water partition coefficient (Wildman–Crippen LogP) is 3.24. The van der Waals surface area contributed by atoms with Crippen molar-refractivity contribution in [1.82, 2.24) is 0 Å². The first kappa shape index (κ1) is 29.8. The summed E-state index contributed by atoms with van der Waals surface area (Å²) in [4.78, 5) is 0. The van der Waals surface area contributed by atoms with E-state index in [-0.39, 0.29) is 31.0 Å². The zero-order valence-electron chi connectivity index (χ0n) is 20.5. The van der Waals surface area contributed by atoms with Crippen molar-refractivity contribution in [1.29, 1.82) is 0 Å². The van der Waals surface area contributed by atoms with Crippen LogP contribution in [0.1, 0.15) is 0 Å². The van der Waals surface area contributed by atoms with Crippen LogP contribution < -0.4 is 24.8 Å². The van der Waals surface area contributed by atoms with E-state index in [1.165, 1.54) is 43.8 Å². The second kappa shape index (κ2) is 15.0. The molecule has 0 radical (unpaired) electrons. The number of fused-ring (bicyclic) bond motifs is 2. The molecule has 0 aromatic heterocycles. The van der Waals surface area contributed by atoms with Crippen molar-refractivity contribution in [2.24, 2.45) is 0 Å². The van der Waals surface area contributed by atoms with Gasteiger partial charge in [-0.1, -0.05) is 108 Å². The third-order valence-corrected chi connectivity index (χ3v) is 5.45. The van der Waals surface area contributed by atoms with E-state index in [4.69, 9.17) is 0 Å². The van der Waals surface area contributed by atoms with Crippen molar-refractivity contribution in [2.45, 2.75) is 13.1 Å². The van der Waals surface area contributed by atoms with E-state index in [1.807, 2.05) is 12.1 Å². The van der Waals surface area contributed by atoms with Crippen LogP contribution in [0.25, 0.3) is 43.8 Å². The van der Waals surface area contributed by atoms with Crippen molar-refractivity contribution in [2.75, 3.05) is 0 Å². The summed E-state index contributed by atoms with van der Waals surface area (Å²) in [5.41, 5.74) is 5.18. The van der Waals surface area contributed by atoms with Crippen LogP contribution in [0.5, 0.6) is 0 Å². The second-order valence-electron chi connectivity index (χ2n) is 8.48. The quantitative estimate of drug-likeness (QED) is 0.226. The molecule has 0 aliphatic carbocycles. The molecule has 0 spiro atoms. The number of halogens is 2. The molecule has 6 aromatic rings. The van der Waals surface area contributed by atoms with Crippen LogP contribution >= 0.6 is 0 Å². The van der Waals surface area contributed by atoms with Gasteiger partial charge in [-0.05, 0) is 0 Å². The Kier molecular flexibility index (Phi) is 12.4. The molecule has 0 aliphatic heterocycles. The minimum Gasteiger partial charge on any atom is -1.00 e. The third-order valence-electron chi connectivity index (χ3n) is 5.45. The van der Waals surface area contributed by atoms with E-state index < -0.39 is 0 Å². The van der Waals surface area contributed by atoms with Crippen molar-refractivity contribution < 1.29 is 44.0 Å². The molecule has 0 bridgehead atoms. The van der Waals surface area contributed by atoms with Crippen LogP contribution in [0.4, 0.5) is 0 Å². The first-order valence-electron chi connectivity index (χ1n) is 11.5. The van der Waals surface area contributed by atoms with Gasteiger partial charge in [0, 0.05) is 0 Å². The predicted molar refractivity (Wildman–Crippen MR) is 147 cm³/mol. The van der Waals surface area contributed by atoms with Gasteiger partial charge in [-0.3, -0.25) is 0 Å². The molecule has 0 aliphatic rings. The fraction of sp³-hybridized carbons (Fsp3) is 0.0625. The van der Waals surface area contributed by atoms with Crippen LogP contribution in [-0.4, -0.2) is 6.19 Å². The number of rotatable bonds is 2. The molecule has 0 saturated heterocycles. The van der Waals surface area contributed by atoms with Gasteiger partial charge in [0.1, 0.15) is 0 Å².